The Morgan fingerprint density at radius 3 is 2.38 bits per heavy atom. The Balaban J connectivity index is 2.03. The lowest BCUT2D eigenvalue weighted by Crippen LogP contribution is -2.28. The second-order valence-electron chi connectivity index (χ2n) is 4.12. The Kier molecular flexibility index (Phi) is 2.94. The van der Waals surface area contributed by atoms with Crippen molar-refractivity contribution in [2.75, 3.05) is 0 Å². The van der Waals surface area contributed by atoms with Crippen LogP contribution in [-0.2, 0) is 0 Å². The maximum absolute atomic E-state index is 12.9. The van der Waals surface area contributed by atoms with Crippen LogP contribution in [0.1, 0.15) is 36.0 Å². The third kappa shape index (κ3) is 2.40. The van der Waals surface area contributed by atoms with Gasteiger partial charge in [0.2, 0.25) is 5.92 Å². The molecule has 16 heavy (non-hydrogen) atoms. The molecule has 1 aromatic rings. The smallest absolute Gasteiger partial charge is 0.248 e. The number of halogens is 2. The molecule has 1 aromatic heterocycles. The second-order valence-corrected chi connectivity index (χ2v) is 4.12. The first kappa shape index (κ1) is 11.1. The number of carbonyl (C=O) groups is 1. The number of hydrogen-bond donors (Lipinski definition) is 0. The summed E-state index contributed by atoms with van der Waals surface area (Å²) in [6, 6.07) is 0. The average Bonchev–Trinajstić information content (AvgIpc) is 2.29. The van der Waals surface area contributed by atoms with Gasteiger partial charge in [-0.1, -0.05) is 0 Å². The molecule has 0 amide bonds. The Morgan fingerprint density at radius 2 is 1.81 bits per heavy atom. The standard InChI is InChI=1S/C11H12F2N2O/c12-11(13)3-1-8(2-4-11)10(16)9-5-14-7-15-6-9/h5-8H,1-4H2. The van der Waals surface area contributed by atoms with E-state index >= 15 is 0 Å². The van der Waals surface area contributed by atoms with E-state index in [-0.39, 0.29) is 37.4 Å². The van der Waals surface area contributed by atoms with E-state index in [9.17, 15) is 13.6 Å². The Labute approximate surface area is 91.9 Å². The van der Waals surface area contributed by atoms with Gasteiger partial charge in [0, 0.05) is 31.2 Å². The minimum atomic E-state index is -2.59. The minimum Gasteiger partial charge on any atom is -0.294 e. The first-order valence-corrected chi connectivity index (χ1v) is 5.25. The molecule has 1 fully saturated rings. The summed E-state index contributed by atoms with van der Waals surface area (Å²) in [7, 11) is 0. The molecule has 3 nitrogen and oxygen atoms in total. The average molecular weight is 226 g/mol. The van der Waals surface area contributed by atoms with Crippen LogP contribution in [0.5, 0.6) is 0 Å². The normalized spacial score (nSPS) is 20.6. The topological polar surface area (TPSA) is 42.9 Å². The minimum absolute atomic E-state index is 0.115. The van der Waals surface area contributed by atoms with Gasteiger partial charge in [-0.15, -0.1) is 0 Å². The van der Waals surface area contributed by atoms with E-state index in [4.69, 9.17) is 0 Å². The zero-order valence-electron chi connectivity index (χ0n) is 8.70. The number of rotatable bonds is 2. The van der Waals surface area contributed by atoms with Crippen molar-refractivity contribution in [3.8, 4) is 0 Å². The van der Waals surface area contributed by atoms with E-state index in [0.717, 1.165) is 0 Å². The molecule has 1 heterocycles. The van der Waals surface area contributed by atoms with E-state index in [0.29, 0.717) is 5.56 Å². The number of ketones is 1. The molecule has 1 saturated carbocycles. The molecule has 0 atom stereocenters. The lowest BCUT2D eigenvalue weighted by molar-refractivity contribution is -0.0424. The molecule has 0 aliphatic heterocycles. The lowest BCUT2D eigenvalue weighted by atomic mass is 9.82. The summed E-state index contributed by atoms with van der Waals surface area (Å²) in [5, 5.41) is 0. The largest absolute Gasteiger partial charge is 0.294 e. The number of nitrogens with zero attached hydrogens (tertiary/aromatic N) is 2. The Hall–Kier alpha value is -1.39. The van der Waals surface area contributed by atoms with Crippen LogP contribution in [0.2, 0.25) is 0 Å². The first-order chi connectivity index (χ1) is 7.58. The van der Waals surface area contributed by atoms with Crippen LogP contribution in [0.25, 0.3) is 0 Å². The van der Waals surface area contributed by atoms with Crippen molar-refractivity contribution >= 4 is 5.78 Å². The van der Waals surface area contributed by atoms with Gasteiger partial charge < -0.3 is 0 Å². The molecule has 0 radical (unpaired) electrons. The second kappa shape index (κ2) is 4.23. The van der Waals surface area contributed by atoms with Gasteiger partial charge in [0.1, 0.15) is 6.33 Å². The zero-order valence-corrected chi connectivity index (χ0v) is 8.70. The molecule has 0 unspecified atom stereocenters. The summed E-state index contributed by atoms with van der Waals surface area (Å²) >= 11 is 0. The van der Waals surface area contributed by atoms with Crippen LogP contribution < -0.4 is 0 Å². The fraction of sp³-hybridized carbons (Fsp3) is 0.545. The summed E-state index contributed by atoms with van der Waals surface area (Å²) in [6.45, 7) is 0. The van der Waals surface area contributed by atoms with Crippen LogP contribution in [0.3, 0.4) is 0 Å². The van der Waals surface area contributed by atoms with Crippen molar-refractivity contribution in [2.24, 2.45) is 5.92 Å². The van der Waals surface area contributed by atoms with Crippen LogP contribution in [-0.4, -0.2) is 21.7 Å². The van der Waals surface area contributed by atoms with E-state index in [1.165, 1.54) is 18.7 Å². The molecule has 0 bridgehead atoms. The van der Waals surface area contributed by atoms with Crippen molar-refractivity contribution in [3.63, 3.8) is 0 Å². The van der Waals surface area contributed by atoms with Gasteiger partial charge >= 0.3 is 0 Å². The highest BCUT2D eigenvalue weighted by Crippen LogP contribution is 2.37. The van der Waals surface area contributed by atoms with Crippen molar-refractivity contribution in [1.82, 2.24) is 9.97 Å². The molecular weight excluding hydrogens is 214 g/mol. The van der Waals surface area contributed by atoms with Crippen molar-refractivity contribution in [2.45, 2.75) is 31.6 Å². The maximum Gasteiger partial charge on any atom is 0.248 e. The van der Waals surface area contributed by atoms with Crippen LogP contribution >= 0.6 is 0 Å². The third-order valence-corrected chi connectivity index (χ3v) is 2.93. The van der Waals surface area contributed by atoms with Gasteiger partial charge in [0.15, 0.2) is 5.78 Å². The number of hydrogen-bond acceptors (Lipinski definition) is 3. The number of Topliss-reactive ketones (excluding diaryl/α,β-unsaturated/α-hetero) is 1. The fourth-order valence-electron chi connectivity index (χ4n) is 1.96. The monoisotopic (exact) mass is 226 g/mol. The fourth-order valence-corrected chi connectivity index (χ4v) is 1.96. The number of alkyl halides is 2. The van der Waals surface area contributed by atoms with Gasteiger partial charge in [-0.2, -0.15) is 0 Å². The number of aromatic nitrogens is 2. The summed E-state index contributed by atoms with van der Waals surface area (Å²) in [5.74, 6) is -3.01. The molecule has 0 saturated heterocycles. The highest BCUT2D eigenvalue weighted by molar-refractivity contribution is 5.97. The Bertz CT molecular complexity index is 371. The Morgan fingerprint density at radius 1 is 1.25 bits per heavy atom. The predicted octanol–water partition coefficient (Wildman–Crippen LogP) is 2.48. The molecular formula is C11H12F2N2O. The van der Waals surface area contributed by atoms with Gasteiger partial charge in [-0.3, -0.25) is 4.79 Å². The summed E-state index contributed by atoms with van der Waals surface area (Å²) in [6.07, 6.45) is 4.31. The van der Waals surface area contributed by atoms with Crippen LogP contribution in [0.15, 0.2) is 18.7 Å². The molecule has 1 aliphatic carbocycles. The summed E-state index contributed by atoms with van der Waals surface area (Å²) in [4.78, 5) is 19.4. The van der Waals surface area contributed by atoms with E-state index in [2.05, 4.69) is 9.97 Å². The molecule has 0 aromatic carbocycles. The third-order valence-electron chi connectivity index (χ3n) is 2.93. The molecule has 1 aliphatic rings. The number of carbonyl (C=O) groups excluding carboxylic acids is 1. The SMILES string of the molecule is O=C(c1cncnc1)C1CCC(F)(F)CC1. The highest BCUT2D eigenvalue weighted by atomic mass is 19.3. The quantitative estimate of drug-likeness (QED) is 0.727. The first-order valence-electron chi connectivity index (χ1n) is 5.25. The van der Waals surface area contributed by atoms with Crippen molar-refractivity contribution in [1.29, 1.82) is 0 Å². The van der Waals surface area contributed by atoms with Crippen LogP contribution in [0, 0.1) is 5.92 Å². The van der Waals surface area contributed by atoms with Gasteiger partial charge in [-0.05, 0) is 12.8 Å². The summed E-state index contributed by atoms with van der Waals surface area (Å²) < 4.78 is 25.8. The van der Waals surface area contributed by atoms with Gasteiger partial charge in [0.25, 0.3) is 0 Å². The highest BCUT2D eigenvalue weighted by Gasteiger charge is 2.37. The lowest BCUT2D eigenvalue weighted by Gasteiger charge is -2.27. The van der Waals surface area contributed by atoms with Gasteiger partial charge in [-0.25, -0.2) is 18.7 Å². The van der Waals surface area contributed by atoms with Crippen LogP contribution in [0.4, 0.5) is 8.78 Å². The van der Waals surface area contributed by atoms with E-state index in [1.807, 2.05) is 0 Å². The van der Waals surface area contributed by atoms with Gasteiger partial charge in [0.05, 0.1) is 5.56 Å². The molecule has 2 rings (SSSR count). The van der Waals surface area contributed by atoms with E-state index in [1.54, 1.807) is 0 Å². The molecule has 5 heteroatoms. The van der Waals surface area contributed by atoms with Crippen molar-refractivity contribution < 1.29 is 13.6 Å². The maximum atomic E-state index is 12.9. The predicted molar refractivity (Wildman–Crippen MR) is 53.3 cm³/mol. The zero-order chi connectivity index (χ0) is 11.6. The molecule has 86 valence electrons. The summed E-state index contributed by atoms with van der Waals surface area (Å²) in [5.41, 5.74) is 0.415. The van der Waals surface area contributed by atoms with E-state index < -0.39 is 5.92 Å². The van der Waals surface area contributed by atoms with Crippen molar-refractivity contribution in [3.05, 3.63) is 24.3 Å². The molecule has 0 N–H and O–H groups in total. The molecule has 0 spiro atoms.